The van der Waals surface area contributed by atoms with E-state index in [1.165, 1.54) is 6.26 Å². The van der Waals surface area contributed by atoms with E-state index >= 15 is 0 Å². The van der Waals surface area contributed by atoms with Crippen molar-refractivity contribution < 1.29 is 12.9 Å². The monoisotopic (exact) mass is 376 g/mol. The van der Waals surface area contributed by atoms with E-state index in [4.69, 9.17) is 4.52 Å². The fourth-order valence-corrected chi connectivity index (χ4v) is 4.95. The Hall–Kier alpha value is -1.77. The van der Waals surface area contributed by atoms with Crippen LogP contribution >= 0.6 is 0 Å². The lowest BCUT2D eigenvalue weighted by molar-refractivity contribution is 0.111. The Morgan fingerprint density at radius 2 is 2.00 bits per heavy atom. The van der Waals surface area contributed by atoms with Crippen LogP contribution in [0.3, 0.4) is 0 Å². The van der Waals surface area contributed by atoms with E-state index < -0.39 is 10.0 Å². The number of aromatic nitrogens is 2. The molecule has 0 unspecified atom stereocenters. The average molecular weight is 376 g/mol. The molecule has 4 heterocycles. The smallest absolute Gasteiger partial charge is 0.241 e. The molecule has 140 valence electrons. The SMILES string of the molecule is Cc1ccccc1-c1noc(CN2C[C@H]3CC[C@@H]2CN(S(C)(=O)=O)C3)n1. The van der Waals surface area contributed by atoms with Crippen LogP contribution in [0.5, 0.6) is 0 Å². The molecule has 2 aromatic rings. The van der Waals surface area contributed by atoms with Crippen LogP contribution in [0, 0.1) is 12.8 Å². The van der Waals surface area contributed by atoms with E-state index in [-0.39, 0.29) is 6.04 Å². The molecule has 3 saturated heterocycles. The Kier molecular flexibility index (Phi) is 4.58. The zero-order valence-corrected chi connectivity index (χ0v) is 15.9. The second kappa shape index (κ2) is 6.75. The van der Waals surface area contributed by atoms with E-state index in [9.17, 15) is 8.42 Å². The van der Waals surface area contributed by atoms with Crippen molar-refractivity contribution in [2.45, 2.75) is 32.4 Å². The van der Waals surface area contributed by atoms with Gasteiger partial charge in [0.15, 0.2) is 0 Å². The van der Waals surface area contributed by atoms with Crippen molar-refractivity contribution in [3.8, 4) is 11.4 Å². The summed E-state index contributed by atoms with van der Waals surface area (Å²) in [5.41, 5.74) is 2.08. The maximum Gasteiger partial charge on any atom is 0.241 e. The zero-order valence-electron chi connectivity index (χ0n) is 15.1. The van der Waals surface area contributed by atoms with Crippen molar-refractivity contribution in [2.75, 3.05) is 25.9 Å². The van der Waals surface area contributed by atoms with Gasteiger partial charge in [-0.05, 0) is 31.2 Å². The average Bonchev–Trinajstić information content (AvgIpc) is 2.84. The number of rotatable bonds is 4. The van der Waals surface area contributed by atoms with Crippen molar-refractivity contribution >= 4 is 10.0 Å². The summed E-state index contributed by atoms with van der Waals surface area (Å²) < 4.78 is 31.1. The highest BCUT2D eigenvalue weighted by Gasteiger charge is 2.38. The van der Waals surface area contributed by atoms with Gasteiger partial charge in [0.05, 0.1) is 12.8 Å². The van der Waals surface area contributed by atoms with Crippen molar-refractivity contribution in [1.82, 2.24) is 19.3 Å². The summed E-state index contributed by atoms with van der Waals surface area (Å²) in [6, 6.07) is 8.17. The molecular weight excluding hydrogens is 352 g/mol. The van der Waals surface area contributed by atoms with Crippen LogP contribution in [0.4, 0.5) is 0 Å². The van der Waals surface area contributed by atoms with Crippen molar-refractivity contribution in [1.29, 1.82) is 0 Å². The van der Waals surface area contributed by atoms with Gasteiger partial charge < -0.3 is 4.52 Å². The highest BCUT2D eigenvalue weighted by atomic mass is 32.2. The first-order chi connectivity index (χ1) is 12.4. The van der Waals surface area contributed by atoms with E-state index in [1.54, 1.807) is 4.31 Å². The van der Waals surface area contributed by atoms with Gasteiger partial charge in [-0.2, -0.15) is 4.98 Å². The molecule has 26 heavy (non-hydrogen) atoms. The summed E-state index contributed by atoms with van der Waals surface area (Å²) in [6.45, 7) is 4.63. The summed E-state index contributed by atoms with van der Waals surface area (Å²) in [5, 5.41) is 4.13. The Morgan fingerprint density at radius 3 is 2.77 bits per heavy atom. The molecule has 7 nitrogen and oxygen atoms in total. The molecule has 2 bridgehead atoms. The lowest BCUT2D eigenvalue weighted by Crippen LogP contribution is -2.43. The number of sulfonamides is 1. The molecule has 3 aliphatic rings. The van der Waals surface area contributed by atoms with Gasteiger partial charge in [0.1, 0.15) is 0 Å². The third-order valence-electron chi connectivity index (χ3n) is 5.45. The van der Waals surface area contributed by atoms with Gasteiger partial charge in [0, 0.05) is 31.2 Å². The maximum absolute atomic E-state index is 12.0. The number of nitrogens with zero attached hydrogens (tertiary/aromatic N) is 4. The fraction of sp³-hybridized carbons (Fsp3) is 0.556. The standard InChI is InChI=1S/C18H24N4O3S/c1-13-5-3-4-6-16(13)18-19-17(25-20-18)12-21-9-14-7-8-15(21)11-22(10-14)26(2,23)24/h3-6,14-15H,7-12H2,1-2H3/t14-,15-/m1/s1. The van der Waals surface area contributed by atoms with E-state index in [0.29, 0.717) is 37.3 Å². The normalized spacial score (nSPS) is 24.7. The van der Waals surface area contributed by atoms with Gasteiger partial charge in [-0.15, -0.1) is 0 Å². The Balaban J connectivity index is 1.51. The van der Waals surface area contributed by atoms with Crippen LogP contribution in [-0.2, 0) is 16.6 Å². The number of hydrogen-bond donors (Lipinski definition) is 0. The number of piperidine rings is 1. The van der Waals surface area contributed by atoms with Crippen molar-refractivity contribution in [3.63, 3.8) is 0 Å². The third kappa shape index (κ3) is 3.54. The predicted molar refractivity (Wildman–Crippen MR) is 97.8 cm³/mol. The molecule has 0 N–H and O–H groups in total. The first-order valence-electron chi connectivity index (χ1n) is 8.98. The Morgan fingerprint density at radius 1 is 1.19 bits per heavy atom. The highest BCUT2D eigenvalue weighted by Crippen LogP contribution is 2.30. The molecule has 3 aliphatic heterocycles. The highest BCUT2D eigenvalue weighted by molar-refractivity contribution is 7.88. The molecule has 8 heteroatoms. The van der Waals surface area contributed by atoms with Crippen LogP contribution in [0.1, 0.15) is 24.3 Å². The minimum absolute atomic E-state index is 0.206. The molecule has 3 fully saturated rings. The summed E-state index contributed by atoms with van der Waals surface area (Å²) in [6.07, 6.45) is 3.38. The van der Waals surface area contributed by atoms with Gasteiger partial charge in [-0.25, -0.2) is 12.7 Å². The number of benzene rings is 1. The second-order valence-electron chi connectivity index (χ2n) is 7.43. The maximum atomic E-state index is 12.0. The minimum atomic E-state index is -3.15. The topological polar surface area (TPSA) is 79.5 Å². The minimum Gasteiger partial charge on any atom is -0.338 e. The summed E-state index contributed by atoms with van der Waals surface area (Å²) in [7, 11) is -3.15. The Labute approximate surface area is 154 Å². The van der Waals surface area contributed by atoms with Crippen molar-refractivity contribution in [3.05, 3.63) is 35.7 Å². The first kappa shape index (κ1) is 17.6. The van der Waals surface area contributed by atoms with E-state index in [2.05, 4.69) is 15.0 Å². The number of hydrogen-bond acceptors (Lipinski definition) is 6. The molecule has 5 rings (SSSR count). The van der Waals surface area contributed by atoms with Crippen LogP contribution < -0.4 is 0 Å². The molecule has 1 aromatic carbocycles. The fourth-order valence-electron chi connectivity index (χ4n) is 4.03. The van der Waals surface area contributed by atoms with Gasteiger partial charge in [0.2, 0.25) is 21.7 Å². The lowest BCUT2D eigenvalue weighted by atomic mass is 9.95. The molecule has 0 spiro atoms. The molecule has 1 aromatic heterocycles. The van der Waals surface area contributed by atoms with Crippen molar-refractivity contribution in [2.24, 2.45) is 5.92 Å². The van der Waals surface area contributed by atoms with Crippen LogP contribution in [0.2, 0.25) is 0 Å². The molecular formula is C18H24N4O3S. The third-order valence-corrected chi connectivity index (χ3v) is 6.69. The number of aryl methyl sites for hydroxylation is 1. The quantitative estimate of drug-likeness (QED) is 0.811. The van der Waals surface area contributed by atoms with Gasteiger partial charge in [-0.3, -0.25) is 4.90 Å². The largest absolute Gasteiger partial charge is 0.338 e. The van der Waals surface area contributed by atoms with E-state index in [0.717, 1.165) is 30.5 Å². The zero-order chi connectivity index (χ0) is 18.3. The predicted octanol–water partition coefficient (Wildman–Crippen LogP) is 1.90. The molecule has 0 radical (unpaired) electrons. The van der Waals surface area contributed by atoms with Crippen LogP contribution in [0.15, 0.2) is 28.8 Å². The second-order valence-corrected chi connectivity index (χ2v) is 9.42. The number of fused-ring (bicyclic) bond motifs is 4. The van der Waals surface area contributed by atoms with E-state index in [1.807, 2.05) is 31.2 Å². The molecule has 0 aliphatic carbocycles. The van der Waals surface area contributed by atoms with Gasteiger partial charge in [-0.1, -0.05) is 29.4 Å². The van der Waals surface area contributed by atoms with Crippen LogP contribution in [0.25, 0.3) is 11.4 Å². The van der Waals surface area contributed by atoms with Crippen LogP contribution in [-0.4, -0.2) is 59.7 Å². The molecule has 0 amide bonds. The first-order valence-corrected chi connectivity index (χ1v) is 10.8. The molecule has 2 atom stereocenters. The summed E-state index contributed by atoms with van der Waals surface area (Å²) in [5.74, 6) is 1.56. The molecule has 0 saturated carbocycles. The van der Waals surface area contributed by atoms with Gasteiger partial charge in [0.25, 0.3) is 0 Å². The lowest BCUT2D eigenvalue weighted by Gasteiger charge is -2.34. The summed E-state index contributed by atoms with van der Waals surface area (Å²) in [4.78, 5) is 6.87. The summed E-state index contributed by atoms with van der Waals surface area (Å²) >= 11 is 0. The Bertz CT molecular complexity index is 895. The van der Waals surface area contributed by atoms with Gasteiger partial charge >= 0.3 is 0 Å².